The number of unbranched alkanes of at least 4 members (excludes halogenated alkanes) is 1. The molecule has 0 N–H and O–H groups in total. The van der Waals surface area contributed by atoms with Gasteiger partial charge in [0, 0.05) is 55.1 Å². The van der Waals surface area contributed by atoms with Gasteiger partial charge in [-0.25, -0.2) is 9.97 Å². The first kappa shape index (κ1) is 27.5. The van der Waals surface area contributed by atoms with Gasteiger partial charge >= 0.3 is 5.97 Å². The third kappa shape index (κ3) is 7.76. The summed E-state index contributed by atoms with van der Waals surface area (Å²) in [5.41, 5.74) is 4.39. The molecule has 2 fully saturated rings. The van der Waals surface area contributed by atoms with E-state index in [9.17, 15) is 4.79 Å². The zero-order valence-corrected chi connectivity index (χ0v) is 23.3. The summed E-state index contributed by atoms with van der Waals surface area (Å²) in [7, 11) is 0. The average Bonchev–Trinajstić information content (AvgIpc) is 3.43. The summed E-state index contributed by atoms with van der Waals surface area (Å²) in [6.07, 6.45) is 7.45. The number of fused-ring (bicyclic) bond motifs is 1. The minimum Gasteiger partial charge on any atom is -0.466 e. The Hall–Kier alpha value is -3.03. The third-order valence-corrected chi connectivity index (χ3v) is 8.07. The fourth-order valence-corrected chi connectivity index (χ4v) is 5.78. The minimum atomic E-state index is -0.0861. The number of carbonyl (C=O) groups excluding carboxylic acids is 1. The number of benzene rings is 1. The van der Waals surface area contributed by atoms with E-state index in [4.69, 9.17) is 14.5 Å². The summed E-state index contributed by atoms with van der Waals surface area (Å²) in [5, 5.41) is 1.09. The minimum absolute atomic E-state index is 0.0861. The lowest BCUT2D eigenvalue weighted by atomic mass is 9.94. The van der Waals surface area contributed by atoms with E-state index >= 15 is 0 Å². The summed E-state index contributed by atoms with van der Waals surface area (Å²) >= 11 is 0. The normalized spacial score (nSPS) is 18.9. The van der Waals surface area contributed by atoms with Crippen LogP contribution in [0.1, 0.15) is 56.2 Å². The highest BCUT2D eigenvalue weighted by Gasteiger charge is 2.27. The van der Waals surface area contributed by atoms with Crippen LogP contribution < -0.4 is 4.90 Å². The molecular weight excluding hydrogens is 488 g/mol. The summed E-state index contributed by atoms with van der Waals surface area (Å²) in [6.45, 7) is 8.98. The standard InChI is InChI=1S/C32H42N4O3/c1-2-3-18-39-31(37)22-28(27-6-4-8-30(21-27)36-16-19-38-20-17-36)24-35-15-13-25(23-35)9-11-29-12-10-26-7-5-14-33-32(26)34-29/h4-8,10,12,14,21,25,28H,2-3,9,11,13,15-20,22-24H2,1H3/t25-,28?/m1/s1. The van der Waals surface area contributed by atoms with Crippen LogP contribution in [-0.4, -0.2) is 73.4 Å². The number of aryl methyl sites for hydroxylation is 1. The first-order chi connectivity index (χ1) is 19.2. The fraction of sp³-hybridized carbons (Fsp3) is 0.531. The van der Waals surface area contributed by atoms with Gasteiger partial charge in [-0.2, -0.15) is 0 Å². The van der Waals surface area contributed by atoms with E-state index in [2.05, 4.69) is 64.2 Å². The average molecular weight is 531 g/mol. The number of hydrogen-bond acceptors (Lipinski definition) is 7. The maximum atomic E-state index is 12.8. The molecule has 7 nitrogen and oxygen atoms in total. The van der Waals surface area contributed by atoms with E-state index in [1.165, 1.54) is 17.7 Å². The second-order valence-corrected chi connectivity index (χ2v) is 11.0. The van der Waals surface area contributed by atoms with E-state index in [-0.39, 0.29) is 11.9 Å². The molecule has 7 heteroatoms. The van der Waals surface area contributed by atoms with E-state index in [1.54, 1.807) is 6.20 Å². The third-order valence-electron chi connectivity index (χ3n) is 8.07. The van der Waals surface area contributed by atoms with Crippen molar-refractivity contribution < 1.29 is 14.3 Å². The number of likely N-dealkylation sites (tertiary alicyclic amines) is 1. The molecule has 1 aromatic carbocycles. The SMILES string of the molecule is CCCCOC(=O)CC(CN1CC[C@@H](CCc2ccc3cccnc3n2)C1)c1cccc(N2CCOCC2)c1. The number of nitrogens with zero attached hydrogens (tertiary/aromatic N) is 4. The van der Waals surface area contributed by atoms with Crippen molar-refractivity contribution in [3.63, 3.8) is 0 Å². The lowest BCUT2D eigenvalue weighted by Crippen LogP contribution is -2.36. The van der Waals surface area contributed by atoms with Crippen molar-refractivity contribution in [1.82, 2.24) is 14.9 Å². The molecule has 2 aromatic heterocycles. The predicted molar refractivity (Wildman–Crippen MR) is 155 cm³/mol. The number of pyridine rings is 2. The molecule has 0 spiro atoms. The van der Waals surface area contributed by atoms with Crippen LogP contribution in [0.2, 0.25) is 0 Å². The Bertz CT molecular complexity index is 1210. The quantitative estimate of drug-likeness (QED) is 0.234. The molecule has 208 valence electrons. The number of carbonyl (C=O) groups is 1. The molecule has 0 amide bonds. The number of hydrogen-bond donors (Lipinski definition) is 0. The van der Waals surface area contributed by atoms with Crippen LogP contribution in [0.25, 0.3) is 11.0 Å². The summed E-state index contributed by atoms with van der Waals surface area (Å²) in [5.74, 6) is 0.673. The van der Waals surface area contributed by atoms with Crippen molar-refractivity contribution in [2.75, 3.05) is 57.4 Å². The van der Waals surface area contributed by atoms with E-state index in [0.29, 0.717) is 18.9 Å². The van der Waals surface area contributed by atoms with E-state index < -0.39 is 0 Å². The second kappa shape index (κ2) is 13.9. The monoisotopic (exact) mass is 530 g/mol. The maximum absolute atomic E-state index is 12.8. The summed E-state index contributed by atoms with van der Waals surface area (Å²) in [4.78, 5) is 26.9. The van der Waals surface area contributed by atoms with Gasteiger partial charge in [0.1, 0.15) is 0 Å². The molecular formula is C32H42N4O3. The highest BCUT2D eigenvalue weighted by molar-refractivity contribution is 5.74. The molecule has 4 heterocycles. The molecule has 5 rings (SSSR count). The molecule has 0 bridgehead atoms. The summed E-state index contributed by atoms with van der Waals surface area (Å²) in [6, 6.07) is 17.0. The Morgan fingerprint density at radius 3 is 2.90 bits per heavy atom. The first-order valence-corrected chi connectivity index (χ1v) is 14.7. The number of morpholine rings is 1. The molecule has 0 saturated carbocycles. The summed E-state index contributed by atoms with van der Waals surface area (Å²) < 4.78 is 11.1. The molecule has 3 aromatic rings. The molecule has 2 atom stereocenters. The van der Waals surface area contributed by atoms with Crippen molar-refractivity contribution in [1.29, 1.82) is 0 Å². The smallest absolute Gasteiger partial charge is 0.306 e. The Labute approximate surface area is 232 Å². The van der Waals surface area contributed by atoms with Crippen LogP contribution >= 0.6 is 0 Å². The zero-order chi connectivity index (χ0) is 26.9. The Morgan fingerprint density at radius 2 is 2.03 bits per heavy atom. The molecule has 2 aliphatic rings. The van der Waals surface area contributed by atoms with Crippen molar-refractivity contribution >= 4 is 22.7 Å². The van der Waals surface area contributed by atoms with Gasteiger partial charge in [-0.3, -0.25) is 4.79 Å². The van der Waals surface area contributed by atoms with Crippen molar-refractivity contribution in [3.05, 3.63) is 66.0 Å². The van der Waals surface area contributed by atoms with Crippen LogP contribution in [-0.2, 0) is 20.7 Å². The van der Waals surface area contributed by atoms with Gasteiger partial charge in [0.05, 0.1) is 26.2 Å². The number of aromatic nitrogens is 2. The first-order valence-electron chi connectivity index (χ1n) is 14.7. The van der Waals surface area contributed by atoms with Crippen LogP contribution in [0.5, 0.6) is 0 Å². The van der Waals surface area contributed by atoms with Crippen molar-refractivity contribution in [2.45, 2.75) is 51.4 Å². The van der Waals surface area contributed by atoms with Gasteiger partial charge in [-0.05, 0) is 80.1 Å². The number of ether oxygens (including phenoxy) is 2. The van der Waals surface area contributed by atoms with Crippen LogP contribution in [0.15, 0.2) is 54.7 Å². The van der Waals surface area contributed by atoms with E-state index in [1.807, 2.05) is 6.07 Å². The molecule has 1 unspecified atom stereocenters. The second-order valence-electron chi connectivity index (χ2n) is 11.0. The maximum Gasteiger partial charge on any atom is 0.306 e. The topological polar surface area (TPSA) is 67.8 Å². The van der Waals surface area contributed by atoms with Crippen molar-refractivity contribution in [3.8, 4) is 0 Å². The van der Waals surface area contributed by atoms with Gasteiger partial charge in [0.2, 0.25) is 0 Å². The largest absolute Gasteiger partial charge is 0.466 e. The Kier molecular flexibility index (Phi) is 9.78. The fourth-order valence-electron chi connectivity index (χ4n) is 5.78. The predicted octanol–water partition coefficient (Wildman–Crippen LogP) is 5.24. The Morgan fingerprint density at radius 1 is 1.13 bits per heavy atom. The van der Waals surface area contributed by atoms with Gasteiger partial charge in [-0.1, -0.05) is 25.5 Å². The lowest BCUT2D eigenvalue weighted by molar-refractivity contribution is -0.144. The molecule has 0 aliphatic carbocycles. The van der Waals surface area contributed by atoms with Crippen molar-refractivity contribution in [2.24, 2.45) is 5.92 Å². The van der Waals surface area contributed by atoms with Gasteiger partial charge in [0.25, 0.3) is 0 Å². The molecule has 2 aliphatic heterocycles. The number of esters is 1. The van der Waals surface area contributed by atoms with Gasteiger partial charge < -0.3 is 19.3 Å². The van der Waals surface area contributed by atoms with Gasteiger partial charge in [-0.15, -0.1) is 0 Å². The number of rotatable bonds is 12. The number of anilines is 1. The van der Waals surface area contributed by atoms with Crippen LogP contribution in [0.4, 0.5) is 5.69 Å². The lowest BCUT2D eigenvalue weighted by Gasteiger charge is -2.30. The Balaban J connectivity index is 1.21. The molecule has 0 radical (unpaired) electrons. The molecule has 2 saturated heterocycles. The van der Waals surface area contributed by atoms with E-state index in [0.717, 1.165) is 88.3 Å². The highest BCUT2D eigenvalue weighted by Crippen LogP contribution is 2.30. The van der Waals surface area contributed by atoms with Crippen LogP contribution in [0.3, 0.4) is 0 Å². The molecule has 39 heavy (non-hydrogen) atoms. The van der Waals surface area contributed by atoms with Crippen LogP contribution in [0, 0.1) is 5.92 Å². The van der Waals surface area contributed by atoms with Gasteiger partial charge in [0.15, 0.2) is 5.65 Å². The highest BCUT2D eigenvalue weighted by atomic mass is 16.5. The zero-order valence-electron chi connectivity index (χ0n) is 23.3.